The normalized spacial score (nSPS) is 22.9. The highest BCUT2D eigenvalue weighted by Crippen LogP contribution is 2.30. The van der Waals surface area contributed by atoms with Crippen LogP contribution in [-0.4, -0.2) is 34.6 Å². The molecule has 0 radical (unpaired) electrons. The molecule has 1 N–H and O–H groups in total. The summed E-state index contributed by atoms with van der Waals surface area (Å²) in [6.45, 7) is 10.9. The Bertz CT molecular complexity index is 232. The predicted molar refractivity (Wildman–Crippen MR) is 55.8 cm³/mol. The highest BCUT2D eigenvalue weighted by molar-refractivity contribution is 5.80. The number of carbonyl (C=O) groups excluding carboxylic acids is 1. The van der Waals surface area contributed by atoms with Gasteiger partial charge in [0.15, 0.2) is 0 Å². The number of aliphatic hydroxyl groups is 1. The van der Waals surface area contributed by atoms with Gasteiger partial charge in [0.25, 0.3) is 0 Å². The fourth-order valence-electron chi connectivity index (χ4n) is 1.58. The zero-order chi connectivity index (χ0) is 11.1. The highest BCUT2D eigenvalue weighted by atomic mass is 16.3. The van der Waals surface area contributed by atoms with Crippen molar-refractivity contribution in [1.82, 2.24) is 4.90 Å². The molecular weight excluding hydrogens is 178 g/mol. The van der Waals surface area contributed by atoms with Crippen LogP contribution in [0.4, 0.5) is 0 Å². The van der Waals surface area contributed by atoms with Crippen LogP contribution < -0.4 is 0 Å². The molecule has 1 fully saturated rings. The first kappa shape index (κ1) is 11.5. The molecule has 0 aliphatic carbocycles. The molecule has 14 heavy (non-hydrogen) atoms. The summed E-state index contributed by atoms with van der Waals surface area (Å²) in [5.41, 5.74) is -0.661. The number of β-amino-alcohol motifs (C(OH)–C–C–N with tert-alkyl or cyclic N) is 1. The van der Waals surface area contributed by atoms with Crippen LogP contribution in [0, 0.1) is 11.3 Å². The summed E-state index contributed by atoms with van der Waals surface area (Å²) in [6.07, 6.45) is 0. The van der Waals surface area contributed by atoms with Crippen LogP contribution in [0.2, 0.25) is 0 Å². The summed E-state index contributed by atoms with van der Waals surface area (Å²) in [6, 6.07) is 0. The molecule has 0 bridgehead atoms. The van der Waals surface area contributed by atoms with E-state index in [1.807, 2.05) is 6.92 Å². The Morgan fingerprint density at radius 2 is 1.86 bits per heavy atom. The smallest absolute Gasteiger partial charge is 0.226 e. The number of amides is 1. The van der Waals surface area contributed by atoms with Crippen LogP contribution in [-0.2, 0) is 4.79 Å². The van der Waals surface area contributed by atoms with Gasteiger partial charge in [-0.2, -0.15) is 0 Å². The maximum Gasteiger partial charge on any atom is 0.226 e. The van der Waals surface area contributed by atoms with Gasteiger partial charge in [-0.1, -0.05) is 27.7 Å². The number of carbonyl (C=O) groups is 1. The standard InChI is InChI=1S/C11H21NO2/c1-8(10(2,3)4)9(13)12-6-11(5,14)7-12/h8,14H,6-7H2,1-5H3. The summed E-state index contributed by atoms with van der Waals surface area (Å²) >= 11 is 0. The van der Waals surface area contributed by atoms with Crippen molar-refractivity contribution in [2.45, 2.75) is 40.2 Å². The van der Waals surface area contributed by atoms with E-state index in [1.165, 1.54) is 0 Å². The van der Waals surface area contributed by atoms with Gasteiger partial charge in [-0.25, -0.2) is 0 Å². The fourth-order valence-corrected chi connectivity index (χ4v) is 1.58. The van der Waals surface area contributed by atoms with E-state index in [0.29, 0.717) is 13.1 Å². The third-order valence-corrected chi connectivity index (χ3v) is 3.04. The Morgan fingerprint density at radius 3 is 2.14 bits per heavy atom. The van der Waals surface area contributed by atoms with Crippen molar-refractivity contribution < 1.29 is 9.90 Å². The van der Waals surface area contributed by atoms with Crippen molar-refractivity contribution in [1.29, 1.82) is 0 Å². The first-order valence-electron chi connectivity index (χ1n) is 5.15. The number of likely N-dealkylation sites (tertiary alicyclic amines) is 1. The van der Waals surface area contributed by atoms with Crippen LogP contribution in [0.15, 0.2) is 0 Å². The van der Waals surface area contributed by atoms with Crippen molar-refractivity contribution in [2.24, 2.45) is 11.3 Å². The van der Waals surface area contributed by atoms with Crippen LogP contribution in [0.25, 0.3) is 0 Å². The van der Waals surface area contributed by atoms with Gasteiger partial charge >= 0.3 is 0 Å². The lowest BCUT2D eigenvalue weighted by molar-refractivity contribution is -0.159. The molecule has 1 aliphatic rings. The first-order chi connectivity index (χ1) is 6.13. The highest BCUT2D eigenvalue weighted by Gasteiger charge is 2.42. The first-order valence-corrected chi connectivity index (χ1v) is 5.15. The monoisotopic (exact) mass is 199 g/mol. The molecule has 1 saturated heterocycles. The molecule has 3 heteroatoms. The lowest BCUT2D eigenvalue weighted by atomic mass is 9.80. The quantitative estimate of drug-likeness (QED) is 0.690. The van der Waals surface area contributed by atoms with Gasteiger partial charge in [0.05, 0.1) is 18.7 Å². The summed E-state index contributed by atoms with van der Waals surface area (Å²) in [4.78, 5) is 13.6. The van der Waals surface area contributed by atoms with Crippen LogP contribution in [0.1, 0.15) is 34.6 Å². The molecule has 0 spiro atoms. The third kappa shape index (κ3) is 2.27. The molecule has 1 amide bonds. The molecule has 1 aliphatic heterocycles. The molecule has 1 atom stereocenters. The second-order valence-corrected chi connectivity index (χ2v) is 5.78. The molecule has 82 valence electrons. The average molecular weight is 199 g/mol. The minimum absolute atomic E-state index is 0.00146. The van der Waals surface area contributed by atoms with E-state index in [1.54, 1.807) is 11.8 Å². The SMILES string of the molecule is CC(C(=O)N1CC(C)(O)C1)C(C)(C)C. The Kier molecular flexibility index (Phi) is 2.65. The van der Waals surface area contributed by atoms with Crippen LogP contribution in [0.3, 0.4) is 0 Å². The van der Waals surface area contributed by atoms with E-state index in [9.17, 15) is 9.90 Å². The van der Waals surface area contributed by atoms with Crippen molar-refractivity contribution in [3.63, 3.8) is 0 Å². The zero-order valence-electron chi connectivity index (χ0n) is 9.79. The van der Waals surface area contributed by atoms with Crippen molar-refractivity contribution in [3.05, 3.63) is 0 Å². The van der Waals surface area contributed by atoms with E-state index in [4.69, 9.17) is 0 Å². The molecule has 0 saturated carbocycles. The predicted octanol–water partition coefficient (Wildman–Crippen LogP) is 1.26. The van der Waals surface area contributed by atoms with Gasteiger partial charge in [-0.05, 0) is 12.3 Å². The largest absolute Gasteiger partial charge is 0.386 e. The number of nitrogens with zero attached hydrogens (tertiary/aromatic N) is 1. The molecular formula is C11H21NO2. The minimum Gasteiger partial charge on any atom is -0.386 e. The summed E-state index contributed by atoms with van der Waals surface area (Å²) in [5.74, 6) is 0.169. The number of rotatable bonds is 1. The molecule has 1 unspecified atom stereocenters. The summed E-state index contributed by atoms with van der Waals surface area (Å²) in [5, 5.41) is 9.52. The fraction of sp³-hybridized carbons (Fsp3) is 0.909. The lowest BCUT2D eigenvalue weighted by Gasteiger charge is -2.46. The van der Waals surface area contributed by atoms with Crippen molar-refractivity contribution in [2.75, 3.05) is 13.1 Å². The molecule has 0 aromatic heterocycles. The summed E-state index contributed by atoms with van der Waals surface area (Å²) < 4.78 is 0. The molecule has 1 rings (SSSR count). The maximum atomic E-state index is 11.9. The van der Waals surface area contributed by atoms with Crippen molar-refractivity contribution in [3.8, 4) is 0 Å². The Hall–Kier alpha value is -0.570. The van der Waals surface area contributed by atoms with Gasteiger partial charge < -0.3 is 10.0 Å². The Balaban J connectivity index is 2.53. The average Bonchev–Trinajstić information content (AvgIpc) is 1.95. The zero-order valence-corrected chi connectivity index (χ0v) is 9.79. The second-order valence-electron chi connectivity index (χ2n) is 5.78. The van der Waals surface area contributed by atoms with E-state index in [2.05, 4.69) is 20.8 Å². The van der Waals surface area contributed by atoms with E-state index in [0.717, 1.165) is 0 Å². The maximum absolute atomic E-state index is 11.9. The summed E-state index contributed by atoms with van der Waals surface area (Å²) in [7, 11) is 0. The second kappa shape index (κ2) is 3.23. The Labute approximate surface area is 86.1 Å². The van der Waals surface area contributed by atoms with E-state index in [-0.39, 0.29) is 17.2 Å². The molecule has 3 nitrogen and oxygen atoms in total. The van der Waals surface area contributed by atoms with Gasteiger partial charge in [0, 0.05) is 5.92 Å². The lowest BCUT2D eigenvalue weighted by Crippen LogP contribution is -2.63. The van der Waals surface area contributed by atoms with Crippen molar-refractivity contribution >= 4 is 5.91 Å². The molecule has 0 aromatic carbocycles. The van der Waals surface area contributed by atoms with E-state index < -0.39 is 5.60 Å². The third-order valence-electron chi connectivity index (χ3n) is 3.04. The van der Waals surface area contributed by atoms with Gasteiger partial charge in [-0.15, -0.1) is 0 Å². The molecule has 0 aromatic rings. The topological polar surface area (TPSA) is 40.5 Å². The van der Waals surface area contributed by atoms with Gasteiger partial charge in [-0.3, -0.25) is 4.79 Å². The van der Waals surface area contributed by atoms with E-state index >= 15 is 0 Å². The van der Waals surface area contributed by atoms with Crippen LogP contribution >= 0.6 is 0 Å². The van der Waals surface area contributed by atoms with Gasteiger partial charge in [0.1, 0.15) is 0 Å². The van der Waals surface area contributed by atoms with Crippen LogP contribution in [0.5, 0.6) is 0 Å². The Morgan fingerprint density at radius 1 is 1.43 bits per heavy atom. The minimum atomic E-state index is -0.659. The van der Waals surface area contributed by atoms with Gasteiger partial charge in [0.2, 0.25) is 5.91 Å². The number of hydrogen-bond donors (Lipinski definition) is 1. The number of hydrogen-bond acceptors (Lipinski definition) is 2. The molecule has 1 heterocycles.